The summed E-state index contributed by atoms with van der Waals surface area (Å²) in [5.74, 6) is 2.46. The van der Waals surface area contributed by atoms with Gasteiger partial charge in [0.1, 0.15) is 0 Å². The van der Waals surface area contributed by atoms with Gasteiger partial charge in [-0.1, -0.05) is 42.5 Å². The van der Waals surface area contributed by atoms with Crippen molar-refractivity contribution in [3.05, 3.63) is 183 Å². The van der Waals surface area contributed by atoms with E-state index in [2.05, 4.69) is 175 Å². The number of para-hydroxylation sites is 1. The molecule has 9 aromatic rings. The molecule has 4 aromatic heterocycles. The number of benzene rings is 5. The summed E-state index contributed by atoms with van der Waals surface area (Å²) in [6.45, 7) is 6.75. The van der Waals surface area contributed by atoms with Crippen LogP contribution in [0.2, 0.25) is 0 Å². The Balaban J connectivity index is 1.02. The molecule has 0 atom stereocenters. The molecule has 2 aliphatic carbocycles. The van der Waals surface area contributed by atoms with Crippen molar-refractivity contribution in [2.45, 2.75) is 46.5 Å². The van der Waals surface area contributed by atoms with Crippen LogP contribution in [0.3, 0.4) is 0 Å². The third-order valence-corrected chi connectivity index (χ3v) is 12.7. The first-order chi connectivity index (χ1) is 26.9. The molecule has 0 fully saturated rings. The Kier molecular flexibility index (Phi) is 8.30. The number of pyridine rings is 2. The second-order valence-electron chi connectivity index (χ2n) is 14.8. The minimum absolute atomic E-state index is 0.778. The molecule has 4 bridgehead atoms. The summed E-state index contributed by atoms with van der Waals surface area (Å²) >= 11 is 2.50. The number of hydrogen-bond acceptors (Lipinski definition) is 2. The van der Waals surface area contributed by atoms with Crippen molar-refractivity contribution in [3.63, 3.8) is 0 Å². The van der Waals surface area contributed by atoms with Gasteiger partial charge in [0.05, 0.1) is 0 Å². The van der Waals surface area contributed by atoms with Gasteiger partial charge in [-0.05, 0) is 18.1 Å². The van der Waals surface area contributed by atoms with E-state index in [0.717, 1.165) is 74.5 Å². The standard InChI is InChI=1S/C49H40N4O.Pt/c1-32-26-49(50-29-45(32)37-10-5-4-6-11-37)53-46-15-8-7-14-43(46)44-25-24-42(28-47(44)53)54-41-13-9-12-40(27-41)51-30-48-38-19-18-35-16-17-36(34(3)33(35)2)20-22-39(23-21-38)52(48)31-51;/h4-17,21,23-30H,18-20,22H2,1-3H3;. The van der Waals surface area contributed by atoms with E-state index in [1.165, 1.54) is 55.5 Å². The first kappa shape index (κ1) is 33.8. The normalized spacial score (nSPS) is 12.8. The van der Waals surface area contributed by atoms with Gasteiger partial charge in [0.15, 0.2) is 0 Å². The summed E-state index contributed by atoms with van der Waals surface area (Å²) in [6, 6.07) is 45.5. The average Bonchev–Trinajstić information content (AvgIpc) is 3.73. The van der Waals surface area contributed by atoms with Crippen molar-refractivity contribution in [2.24, 2.45) is 0 Å². The number of imidazole rings is 1. The number of aryl methyl sites for hydroxylation is 5. The molecule has 4 aliphatic rings. The Labute approximate surface area is 331 Å². The predicted octanol–water partition coefficient (Wildman–Crippen LogP) is 11.6. The summed E-state index contributed by atoms with van der Waals surface area (Å²) in [6.07, 6.45) is 8.35. The number of ether oxygens (including phenoxy) is 1. The zero-order valence-corrected chi connectivity index (χ0v) is 33.4. The Morgan fingerprint density at radius 2 is 1.31 bits per heavy atom. The minimum atomic E-state index is 0.778. The van der Waals surface area contributed by atoms with Crippen LogP contribution in [-0.2, 0) is 45.0 Å². The van der Waals surface area contributed by atoms with Crippen LogP contribution in [-0.4, -0.2) is 18.5 Å². The SMILES string of the molecule is Cc1cc(-n2c3ccccc3c3ccc(Oc4cccc(-n5cc6c7ccc(n6[c]5=[Pt])CCc5ccc(c(C)c5C)CC7)c4)cc32)ncc1-c1ccccc1. The van der Waals surface area contributed by atoms with Gasteiger partial charge >= 0.3 is 261 Å². The monoisotopic (exact) mass is 895 g/mol. The van der Waals surface area contributed by atoms with E-state index in [1.807, 2.05) is 18.3 Å². The van der Waals surface area contributed by atoms with Crippen LogP contribution >= 0.6 is 0 Å². The zero-order valence-electron chi connectivity index (χ0n) is 31.1. The number of hydrogen-bond donors (Lipinski definition) is 0. The van der Waals surface area contributed by atoms with Gasteiger partial charge in [0.25, 0.3) is 0 Å². The fraction of sp³-hybridized carbons (Fsp3) is 0.143. The van der Waals surface area contributed by atoms with E-state index in [1.54, 1.807) is 0 Å². The third kappa shape index (κ3) is 5.81. The van der Waals surface area contributed by atoms with Crippen molar-refractivity contribution in [1.29, 1.82) is 0 Å². The predicted molar refractivity (Wildman–Crippen MR) is 220 cm³/mol. The molecule has 0 saturated heterocycles. The molecule has 5 nitrogen and oxygen atoms in total. The molecule has 5 aromatic carbocycles. The van der Waals surface area contributed by atoms with Crippen LogP contribution in [0.25, 0.3) is 50.0 Å². The topological polar surface area (TPSA) is 36.4 Å². The molecule has 6 heterocycles. The Bertz CT molecular complexity index is 3020. The van der Waals surface area contributed by atoms with Gasteiger partial charge in [0, 0.05) is 11.8 Å². The third-order valence-electron chi connectivity index (χ3n) is 11.7. The van der Waals surface area contributed by atoms with Crippen molar-refractivity contribution in [2.75, 3.05) is 0 Å². The second kappa shape index (κ2) is 13.5. The average molecular weight is 896 g/mol. The summed E-state index contributed by atoms with van der Waals surface area (Å²) in [5, 5.41) is 2.35. The molecular formula is C49H40N4OPt. The molecule has 2 aliphatic heterocycles. The van der Waals surface area contributed by atoms with Gasteiger partial charge in [-0.25, -0.2) is 0 Å². The molecule has 13 rings (SSSR count). The van der Waals surface area contributed by atoms with Crippen LogP contribution in [0, 0.1) is 24.6 Å². The summed E-state index contributed by atoms with van der Waals surface area (Å²) < 4.78 is 14.9. The van der Waals surface area contributed by atoms with Gasteiger partial charge < -0.3 is 0 Å². The Morgan fingerprint density at radius 3 is 2.13 bits per heavy atom. The molecule has 0 spiro atoms. The smallest absolute Gasteiger partial charge is 0.0622 e. The Hall–Kier alpha value is -5.77. The van der Waals surface area contributed by atoms with E-state index in [-0.39, 0.29) is 0 Å². The van der Waals surface area contributed by atoms with Gasteiger partial charge in [-0.3, -0.25) is 0 Å². The number of fused-ring (bicyclic) bond motifs is 3. The van der Waals surface area contributed by atoms with Crippen LogP contribution < -0.4 is 4.74 Å². The number of aromatic nitrogens is 4. The Morgan fingerprint density at radius 1 is 0.600 bits per heavy atom. The van der Waals surface area contributed by atoms with Crippen LogP contribution in [0.1, 0.15) is 39.1 Å². The molecule has 0 N–H and O–H groups in total. The van der Waals surface area contributed by atoms with Crippen molar-refractivity contribution < 1.29 is 24.1 Å². The van der Waals surface area contributed by atoms with Crippen molar-refractivity contribution in [3.8, 4) is 34.1 Å². The van der Waals surface area contributed by atoms with E-state index in [4.69, 9.17) is 9.72 Å². The van der Waals surface area contributed by atoms with Gasteiger partial charge in [-0.15, -0.1) is 0 Å². The fourth-order valence-electron chi connectivity index (χ4n) is 8.54. The minimum Gasteiger partial charge on any atom is -0.0622 e. The molecule has 0 unspecified atom stereocenters. The summed E-state index contributed by atoms with van der Waals surface area (Å²) in [5.41, 5.74) is 16.5. The molecule has 272 valence electrons. The van der Waals surface area contributed by atoms with E-state index >= 15 is 0 Å². The molecule has 0 saturated carbocycles. The maximum absolute atomic E-state index is 6.69. The number of nitrogens with zero attached hydrogens (tertiary/aromatic N) is 4. The van der Waals surface area contributed by atoms with E-state index in [0.29, 0.717) is 0 Å². The summed E-state index contributed by atoms with van der Waals surface area (Å²) in [7, 11) is 0. The van der Waals surface area contributed by atoms with Crippen LogP contribution in [0.5, 0.6) is 11.5 Å². The first-order valence-corrected chi connectivity index (χ1v) is 20.2. The van der Waals surface area contributed by atoms with Crippen LogP contribution in [0.15, 0.2) is 140 Å². The molecule has 55 heavy (non-hydrogen) atoms. The molecular weight excluding hydrogens is 856 g/mol. The van der Waals surface area contributed by atoms with Crippen molar-refractivity contribution in [1.82, 2.24) is 18.5 Å². The summed E-state index contributed by atoms with van der Waals surface area (Å²) in [4.78, 5) is 5.02. The van der Waals surface area contributed by atoms with Gasteiger partial charge in [-0.2, -0.15) is 0 Å². The van der Waals surface area contributed by atoms with E-state index < -0.39 is 0 Å². The first-order valence-electron chi connectivity index (χ1n) is 19.0. The molecule has 0 radical (unpaired) electrons. The van der Waals surface area contributed by atoms with Crippen LogP contribution in [0.4, 0.5) is 0 Å². The zero-order chi connectivity index (χ0) is 37.2. The van der Waals surface area contributed by atoms with Crippen molar-refractivity contribution >= 4 is 27.3 Å². The quantitative estimate of drug-likeness (QED) is 0.173. The van der Waals surface area contributed by atoms with E-state index in [9.17, 15) is 0 Å². The fourth-order valence-corrected chi connectivity index (χ4v) is 9.58. The number of rotatable bonds is 5. The second-order valence-corrected chi connectivity index (χ2v) is 15.8. The molecule has 6 heteroatoms. The van der Waals surface area contributed by atoms with Gasteiger partial charge in [0.2, 0.25) is 0 Å². The molecule has 0 amide bonds. The maximum atomic E-state index is 6.69.